The van der Waals surface area contributed by atoms with Crippen LogP contribution in [0.15, 0.2) is 20.7 Å². The van der Waals surface area contributed by atoms with Crippen LogP contribution >= 0.6 is 11.8 Å². The molecule has 0 saturated heterocycles. The first kappa shape index (κ1) is 19.9. The predicted molar refractivity (Wildman–Crippen MR) is 101 cm³/mol. The Bertz CT molecular complexity index is 1010. The van der Waals surface area contributed by atoms with Crippen LogP contribution in [0.5, 0.6) is 0 Å². The number of thioether (sulfide) groups is 1. The molecule has 2 rings (SSSR count). The molecule has 2 aromatic heterocycles. The molecule has 1 atom stereocenters. The Kier molecular flexibility index (Phi) is 5.70. The first-order valence-electron chi connectivity index (χ1n) is 8.07. The molecule has 0 radical (unpaired) electrons. The summed E-state index contributed by atoms with van der Waals surface area (Å²) in [5, 5.41) is -0.723. The summed E-state index contributed by atoms with van der Waals surface area (Å²) in [6.07, 6.45) is 2.15. The Morgan fingerprint density at radius 2 is 1.85 bits per heavy atom. The van der Waals surface area contributed by atoms with E-state index < -0.39 is 16.5 Å². The van der Waals surface area contributed by atoms with Crippen LogP contribution in [0.4, 0.5) is 0 Å². The van der Waals surface area contributed by atoms with Crippen LogP contribution in [0.3, 0.4) is 0 Å². The third-order valence-electron chi connectivity index (χ3n) is 4.15. The van der Waals surface area contributed by atoms with Gasteiger partial charge in [-0.1, -0.05) is 6.92 Å². The van der Waals surface area contributed by atoms with Crippen molar-refractivity contribution < 1.29 is 9.59 Å². The van der Waals surface area contributed by atoms with Gasteiger partial charge >= 0.3 is 5.69 Å². The lowest BCUT2D eigenvalue weighted by Gasteiger charge is -2.20. The van der Waals surface area contributed by atoms with E-state index >= 15 is 0 Å². The van der Waals surface area contributed by atoms with Crippen molar-refractivity contribution in [2.75, 3.05) is 14.1 Å². The number of amides is 1. The first-order valence-corrected chi connectivity index (χ1v) is 8.95. The number of hydrogen-bond acceptors (Lipinski definition) is 6. The number of aromatic nitrogens is 3. The molecule has 0 spiro atoms. The highest BCUT2D eigenvalue weighted by molar-refractivity contribution is 8.01. The van der Waals surface area contributed by atoms with Crippen molar-refractivity contribution in [2.24, 2.45) is 14.1 Å². The molecule has 0 fully saturated rings. The van der Waals surface area contributed by atoms with E-state index in [2.05, 4.69) is 4.98 Å². The third kappa shape index (κ3) is 3.31. The summed E-state index contributed by atoms with van der Waals surface area (Å²) in [5.74, 6) is -0.654. The second-order valence-corrected chi connectivity index (χ2v) is 7.33. The van der Waals surface area contributed by atoms with Crippen LogP contribution in [0.1, 0.15) is 19.4 Å². The van der Waals surface area contributed by atoms with Crippen molar-refractivity contribution in [1.82, 2.24) is 19.0 Å². The molecule has 0 bridgehead atoms. The Hall–Kier alpha value is -2.42. The fourth-order valence-corrected chi connectivity index (χ4v) is 3.95. The number of Topliss-reactive ketones (excluding diaryl/α,β-unsaturated/α-hetero) is 1. The molecule has 0 N–H and O–H groups in total. The Balaban J connectivity index is 2.84. The largest absolute Gasteiger partial charge is 0.347 e. The van der Waals surface area contributed by atoms with Crippen molar-refractivity contribution in [3.05, 3.63) is 32.6 Å². The maximum atomic E-state index is 12.8. The monoisotopic (exact) mass is 378 g/mol. The zero-order valence-electron chi connectivity index (χ0n) is 15.7. The summed E-state index contributed by atoms with van der Waals surface area (Å²) < 4.78 is 2.29. The van der Waals surface area contributed by atoms with E-state index in [9.17, 15) is 19.2 Å². The summed E-state index contributed by atoms with van der Waals surface area (Å²) in [7, 11) is 6.08. The fourth-order valence-electron chi connectivity index (χ4n) is 2.59. The van der Waals surface area contributed by atoms with Crippen LogP contribution in [0.25, 0.3) is 11.0 Å². The Morgan fingerprint density at radius 3 is 2.35 bits per heavy atom. The second kappa shape index (κ2) is 7.45. The number of ketones is 1. The van der Waals surface area contributed by atoms with Gasteiger partial charge in [0.1, 0.15) is 10.9 Å². The van der Waals surface area contributed by atoms with Crippen molar-refractivity contribution in [3.8, 4) is 0 Å². The van der Waals surface area contributed by atoms with Gasteiger partial charge in [-0.2, -0.15) is 0 Å². The minimum atomic E-state index is -0.970. The molecule has 2 heterocycles. The first-order chi connectivity index (χ1) is 12.1. The van der Waals surface area contributed by atoms with E-state index in [-0.39, 0.29) is 22.7 Å². The average Bonchev–Trinajstić information content (AvgIpc) is 2.60. The van der Waals surface area contributed by atoms with Crippen LogP contribution in [0, 0.1) is 0 Å². The van der Waals surface area contributed by atoms with Gasteiger partial charge < -0.3 is 4.90 Å². The second-order valence-electron chi connectivity index (χ2n) is 6.21. The van der Waals surface area contributed by atoms with E-state index in [1.54, 1.807) is 20.3 Å². The number of rotatable bonds is 5. The third-order valence-corrected chi connectivity index (χ3v) is 5.62. The number of aryl methyl sites for hydroxylation is 2. The lowest BCUT2D eigenvalue weighted by Crippen LogP contribution is -2.38. The van der Waals surface area contributed by atoms with Gasteiger partial charge in [0.2, 0.25) is 5.91 Å². The van der Waals surface area contributed by atoms with Gasteiger partial charge in [0.25, 0.3) is 5.56 Å². The standard InChI is InChI=1S/C17H22N4O4S/c1-7-10-8-18-14-11(15(23)21(6)17(25)20(14)5)13(10)26-12(9(2)22)16(24)19(3)4/h8,12H,7H2,1-6H3/t12-/m0/s1. The predicted octanol–water partition coefficient (Wildman–Crippen LogP) is 0.332. The van der Waals surface area contributed by atoms with Crippen molar-refractivity contribution in [1.29, 1.82) is 0 Å². The molecule has 8 nitrogen and oxygen atoms in total. The molecule has 1 amide bonds. The van der Waals surface area contributed by atoms with Crippen LogP contribution in [-0.2, 0) is 30.1 Å². The van der Waals surface area contributed by atoms with Crippen molar-refractivity contribution in [2.45, 2.75) is 30.4 Å². The number of nitrogens with zero attached hydrogens (tertiary/aromatic N) is 4. The Labute approximate surface area is 154 Å². The van der Waals surface area contributed by atoms with E-state index in [4.69, 9.17) is 0 Å². The Morgan fingerprint density at radius 1 is 1.23 bits per heavy atom. The zero-order chi connectivity index (χ0) is 19.8. The SMILES string of the molecule is CCc1cnc2c(c1S[C@@H](C(C)=O)C(=O)N(C)C)c(=O)n(C)c(=O)n2C. The molecule has 0 aliphatic heterocycles. The molecule has 0 aliphatic rings. The molecule has 0 saturated carbocycles. The molecular weight excluding hydrogens is 356 g/mol. The molecule has 9 heteroatoms. The molecule has 26 heavy (non-hydrogen) atoms. The van der Waals surface area contributed by atoms with E-state index in [1.165, 1.54) is 30.5 Å². The summed E-state index contributed by atoms with van der Waals surface area (Å²) in [4.78, 5) is 55.6. The lowest BCUT2D eigenvalue weighted by atomic mass is 10.2. The highest BCUT2D eigenvalue weighted by atomic mass is 32.2. The van der Waals surface area contributed by atoms with Gasteiger partial charge in [0.05, 0.1) is 5.39 Å². The molecule has 0 aliphatic carbocycles. The molecule has 2 aromatic rings. The number of pyridine rings is 1. The number of carbonyl (C=O) groups excluding carboxylic acids is 2. The summed E-state index contributed by atoms with van der Waals surface area (Å²) in [6, 6.07) is 0. The van der Waals surface area contributed by atoms with E-state index in [1.807, 2.05) is 6.92 Å². The van der Waals surface area contributed by atoms with Crippen molar-refractivity contribution >= 4 is 34.5 Å². The number of hydrogen-bond donors (Lipinski definition) is 0. The maximum absolute atomic E-state index is 12.8. The molecule has 140 valence electrons. The van der Waals surface area contributed by atoms with Crippen LogP contribution in [-0.4, -0.2) is 50.1 Å². The lowest BCUT2D eigenvalue weighted by molar-refractivity contribution is -0.132. The van der Waals surface area contributed by atoms with Gasteiger partial charge in [0.15, 0.2) is 5.78 Å². The highest BCUT2D eigenvalue weighted by Crippen LogP contribution is 2.32. The van der Waals surface area contributed by atoms with Crippen LogP contribution < -0.4 is 11.2 Å². The van der Waals surface area contributed by atoms with Gasteiger partial charge in [-0.25, -0.2) is 9.78 Å². The average molecular weight is 378 g/mol. The molecular formula is C17H22N4O4S. The quantitative estimate of drug-likeness (QED) is 0.550. The topological polar surface area (TPSA) is 94.3 Å². The number of fused-ring (bicyclic) bond motifs is 1. The molecule has 0 unspecified atom stereocenters. The van der Waals surface area contributed by atoms with E-state index in [0.29, 0.717) is 11.3 Å². The minimum Gasteiger partial charge on any atom is -0.347 e. The van der Waals surface area contributed by atoms with Gasteiger partial charge in [0, 0.05) is 39.3 Å². The smallest absolute Gasteiger partial charge is 0.332 e. The van der Waals surface area contributed by atoms with E-state index in [0.717, 1.165) is 21.9 Å². The summed E-state index contributed by atoms with van der Waals surface area (Å²) in [6.45, 7) is 3.25. The van der Waals surface area contributed by atoms with Crippen molar-refractivity contribution in [3.63, 3.8) is 0 Å². The zero-order valence-corrected chi connectivity index (χ0v) is 16.5. The highest BCUT2D eigenvalue weighted by Gasteiger charge is 2.29. The van der Waals surface area contributed by atoms with Crippen LogP contribution in [0.2, 0.25) is 0 Å². The van der Waals surface area contributed by atoms with Gasteiger partial charge in [-0.3, -0.25) is 23.5 Å². The number of carbonyl (C=O) groups is 2. The normalized spacial score (nSPS) is 12.2. The van der Waals surface area contributed by atoms with Gasteiger partial charge in [-0.05, 0) is 18.9 Å². The molecule has 0 aromatic carbocycles. The fraction of sp³-hybridized carbons (Fsp3) is 0.471. The van der Waals surface area contributed by atoms with Gasteiger partial charge in [-0.15, -0.1) is 11.8 Å². The minimum absolute atomic E-state index is 0.234. The summed E-state index contributed by atoms with van der Waals surface area (Å²) in [5.41, 5.74) is 0.00384. The maximum Gasteiger partial charge on any atom is 0.332 e. The summed E-state index contributed by atoms with van der Waals surface area (Å²) >= 11 is 1.04.